The van der Waals surface area contributed by atoms with Gasteiger partial charge in [0.2, 0.25) is 0 Å². The van der Waals surface area contributed by atoms with Gasteiger partial charge in [0.15, 0.2) is 5.11 Å². The van der Waals surface area contributed by atoms with Crippen LogP contribution in [0.15, 0.2) is 71.8 Å². The fraction of sp³-hybridized carbons (Fsp3) is 0.143. The van der Waals surface area contributed by atoms with Gasteiger partial charge < -0.3 is 10.1 Å². The highest BCUT2D eigenvalue weighted by atomic mass is 32.1. The third-order valence-electron chi connectivity index (χ3n) is 3.82. The second-order valence-corrected chi connectivity index (χ2v) is 6.18. The Morgan fingerprint density at radius 3 is 2.58 bits per heavy atom. The maximum Gasteiger partial charge on any atom is 0.186 e. The lowest BCUT2D eigenvalue weighted by Crippen LogP contribution is -2.31. The molecule has 0 heterocycles. The Bertz CT molecular complexity index is 907. The molecule has 4 nitrogen and oxygen atoms in total. The zero-order valence-corrected chi connectivity index (χ0v) is 15.4. The minimum Gasteiger partial charge on any atom is -0.489 e. The Morgan fingerprint density at radius 2 is 1.81 bits per heavy atom. The molecule has 2 N–H and O–H groups in total. The predicted octanol–water partition coefficient (Wildman–Crippen LogP) is 4.24. The third-order valence-corrected chi connectivity index (χ3v) is 4.05. The molecule has 0 aliphatic rings. The topological polar surface area (TPSA) is 45.7 Å². The molecule has 132 valence electrons. The number of hydrazone groups is 1. The molecule has 3 rings (SSSR count). The van der Waals surface area contributed by atoms with Crippen LogP contribution in [-0.4, -0.2) is 17.9 Å². The summed E-state index contributed by atoms with van der Waals surface area (Å²) in [4.78, 5) is 0. The van der Waals surface area contributed by atoms with Gasteiger partial charge in [-0.25, -0.2) is 0 Å². The highest BCUT2D eigenvalue weighted by Gasteiger charge is 1.99. The van der Waals surface area contributed by atoms with Crippen LogP contribution in [0.3, 0.4) is 0 Å². The lowest BCUT2D eigenvalue weighted by Gasteiger charge is -2.08. The molecule has 0 amide bonds. The number of fused-ring (bicyclic) bond motifs is 1. The fourth-order valence-corrected chi connectivity index (χ4v) is 2.71. The van der Waals surface area contributed by atoms with Crippen LogP contribution in [0.4, 0.5) is 0 Å². The summed E-state index contributed by atoms with van der Waals surface area (Å²) in [7, 11) is 0. The highest BCUT2D eigenvalue weighted by molar-refractivity contribution is 7.80. The van der Waals surface area contributed by atoms with Gasteiger partial charge in [0.05, 0.1) is 6.21 Å². The maximum atomic E-state index is 5.88. The van der Waals surface area contributed by atoms with Gasteiger partial charge in [-0.2, -0.15) is 5.10 Å². The zero-order valence-electron chi connectivity index (χ0n) is 14.6. The molecule has 0 aromatic heterocycles. The first-order chi connectivity index (χ1) is 12.7. The molecule has 0 saturated heterocycles. The summed E-state index contributed by atoms with van der Waals surface area (Å²) in [5.74, 6) is 0.825. The second-order valence-electron chi connectivity index (χ2n) is 5.77. The molecule has 0 bridgehead atoms. The largest absolute Gasteiger partial charge is 0.489 e. The normalized spacial score (nSPS) is 10.8. The SMILES string of the molecule is CCNC(=S)N/N=C\c1ccc(OCc2ccc3ccccc3c2)cc1. The number of ether oxygens (including phenoxy) is 1. The number of nitrogens with one attached hydrogen (secondary N) is 2. The van der Waals surface area contributed by atoms with Gasteiger partial charge in [-0.05, 0) is 71.4 Å². The molecule has 0 saturated carbocycles. The lowest BCUT2D eigenvalue weighted by molar-refractivity contribution is 0.306. The lowest BCUT2D eigenvalue weighted by atomic mass is 10.1. The number of rotatable bonds is 6. The Hall–Kier alpha value is -2.92. The molecule has 3 aromatic rings. The van der Waals surface area contributed by atoms with Crippen LogP contribution in [0.2, 0.25) is 0 Å². The highest BCUT2D eigenvalue weighted by Crippen LogP contribution is 2.18. The van der Waals surface area contributed by atoms with E-state index in [4.69, 9.17) is 17.0 Å². The van der Waals surface area contributed by atoms with Crippen molar-refractivity contribution in [1.29, 1.82) is 0 Å². The molecule has 0 radical (unpaired) electrons. The summed E-state index contributed by atoms with van der Waals surface area (Å²) >= 11 is 5.04. The van der Waals surface area contributed by atoms with E-state index in [9.17, 15) is 0 Å². The molecular weight excluding hydrogens is 342 g/mol. The molecule has 26 heavy (non-hydrogen) atoms. The standard InChI is InChI=1S/C21H21N3OS/c1-2-22-21(26)24-23-14-16-8-11-20(12-9-16)25-15-17-7-10-18-5-3-4-6-19(18)13-17/h3-14H,2,15H2,1H3,(H2,22,24,26)/b23-14-. The van der Waals surface area contributed by atoms with Crippen LogP contribution in [-0.2, 0) is 6.61 Å². The van der Waals surface area contributed by atoms with Gasteiger partial charge in [-0.3, -0.25) is 5.43 Å². The molecule has 5 heteroatoms. The van der Waals surface area contributed by atoms with Crippen LogP contribution in [0.5, 0.6) is 5.75 Å². The Labute approximate surface area is 158 Å². The van der Waals surface area contributed by atoms with E-state index in [-0.39, 0.29) is 0 Å². The number of benzene rings is 3. The number of nitrogens with zero attached hydrogens (tertiary/aromatic N) is 1. The Kier molecular flexibility index (Phi) is 6.17. The van der Waals surface area contributed by atoms with Gasteiger partial charge in [-0.1, -0.05) is 36.4 Å². The molecule has 0 fully saturated rings. The van der Waals surface area contributed by atoms with Gasteiger partial charge in [0.1, 0.15) is 12.4 Å². The van der Waals surface area contributed by atoms with E-state index in [1.807, 2.05) is 43.3 Å². The van der Waals surface area contributed by atoms with E-state index in [1.165, 1.54) is 10.8 Å². The van der Waals surface area contributed by atoms with E-state index in [0.29, 0.717) is 11.7 Å². The van der Waals surface area contributed by atoms with E-state index in [1.54, 1.807) is 6.21 Å². The summed E-state index contributed by atoms with van der Waals surface area (Å²) in [6.45, 7) is 3.29. The van der Waals surface area contributed by atoms with Crippen molar-refractivity contribution in [1.82, 2.24) is 10.7 Å². The first kappa shape index (κ1) is 17.9. The summed E-state index contributed by atoms with van der Waals surface area (Å²) in [5, 5.41) is 10.0. The number of hydrogen-bond acceptors (Lipinski definition) is 3. The zero-order chi connectivity index (χ0) is 18.2. The minimum absolute atomic E-state index is 0.513. The summed E-state index contributed by atoms with van der Waals surface area (Å²) in [6, 6.07) is 22.5. The van der Waals surface area contributed by atoms with Crippen LogP contribution >= 0.6 is 12.2 Å². The number of thiocarbonyl (C=S) groups is 1. The van der Waals surface area contributed by atoms with Crippen molar-refractivity contribution < 1.29 is 4.74 Å². The monoisotopic (exact) mass is 363 g/mol. The van der Waals surface area contributed by atoms with E-state index >= 15 is 0 Å². The van der Waals surface area contributed by atoms with Crippen LogP contribution in [0.25, 0.3) is 10.8 Å². The molecule has 0 aliphatic heterocycles. The molecular formula is C21H21N3OS. The quantitative estimate of drug-likeness (QED) is 0.391. The van der Waals surface area contributed by atoms with Gasteiger partial charge in [0, 0.05) is 6.54 Å². The van der Waals surface area contributed by atoms with Crippen molar-refractivity contribution in [3.63, 3.8) is 0 Å². The molecule has 3 aromatic carbocycles. The molecule has 0 unspecified atom stereocenters. The number of hydrogen-bond donors (Lipinski definition) is 2. The van der Waals surface area contributed by atoms with Crippen LogP contribution < -0.4 is 15.5 Å². The van der Waals surface area contributed by atoms with Crippen molar-refractivity contribution in [3.8, 4) is 5.75 Å². The third kappa shape index (κ3) is 5.04. The van der Waals surface area contributed by atoms with Crippen molar-refractivity contribution in [2.75, 3.05) is 6.54 Å². The summed E-state index contributed by atoms with van der Waals surface area (Å²) in [6.07, 6.45) is 1.72. The van der Waals surface area contributed by atoms with Crippen molar-refractivity contribution >= 4 is 34.3 Å². The first-order valence-electron chi connectivity index (χ1n) is 8.52. The van der Waals surface area contributed by atoms with E-state index in [0.717, 1.165) is 23.4 Å². The molecule has 0 spiro atoms. The average molecular weight is 363 g/mol. The average Bonchev–Trinajstić information content (AvgIpc) is 2.67. The molecule has 0 aliphatic carbocycles. The van der Waals surface area contributed by atoms with Crippen molar-refractivity contribution in [2.24, 2.45) is 5.10 Å². The smallest absolute Gasteiger partial charge is 0.186 e. The molecule has 0 atom stereocenters. The van der Waals surface area contributed by atoms with Crippen molar-refractivity contribution in [2.45, 2.75) is 13.5 Å². The Morgan fingerprint density at radius 1 is 1.04 bits per heavy atom. The van der Waals surface area contributed by atoms with Crippen LogP contribution in [0.1, 0.15) is 18.1 Å². The minimum atomic E-state index is 0.513. The maximum absolute atomic E-state index is 5.88. The predicted molar refractivity (Wildman–Crippen MR) is 112 cm³/mol. The van der Waals surface area contributed by atoms with E-state index < -0.39 is 0 Å². The van der Waals surface area contributed by atoms with Crippen molar-refractivity contribution in [3.05, 3.63) is 77.9 Å². The second kappa shape index (κ2) is 8.97. The summed E-state index contributed by atoms with van der Waals surface area (Å²) < 4.78 is 5.88. The Balaban J connectivity index is 1.55. The summed E-state index contributed by atoms with van der Waals surface area (Å²) in [5.41, 5.74) is 4.88. The van der Waals surface area contributed by atoms with Gasteiger partial charge >= 0.3 is 0 Å². The van der Waals surface area contributed by atoms with Gasteiger partial charge in [0.25, 0.3) is 0 Å². The van der Waals surface area contributed by atoms with E-state index in [2.05, 4.69) is 46.2 Å². The fourth-order valence-electron chi connectivity index (χ4n) is 2.51. The van der Waals surface area contributed by atoms with Gasteiger partial charge in [-0.15, -0.1) is 0 Å². The van der Waals surface area contributed by atoms with Crippen LogP contribution in [0, 0.1) is 0 Å². The first-order valence-corrected chi connectivity index (χ1v) is 8.93.